The lowest BCUT2D eigenvalue weighted by atomic mass is 10.0. The highest BCUT2D eigenvalue weighted by atomic mass is 32.2. The molecule has 1 heterocycles. The Morgan fingerprint density at radius 1 is 1.06 bits per heavy atom. The quantitative estimate of drug-likeness (QED) is 0.677. The monoisotopic (exact) mass is 240 g/mol. The molecule has 1 aliphatic rings. The molecule has 86 valence electrons. The van der Waals surface area contributed by atoms with Crippen molar-refractivity contribution >= 4 is 28.6 Å². The molecule has 0 amide bonds. The highest BCUT2D eigenvalue weighted by molar-refractivity contribution is 8.00. The van der Waals surface area contributed by atoms with Crippen LogP contribution in [0.4, 0.5) is 0 Å². The van der Waals surface area contributed by atoms with E-state index in [9.17, 15) is 0 Å². The van der Waals surface area contributed by atoms with Crippen LogP contribution in [0, 0.1) is 5.92 Å². The largest absolute Gasteiger partial charge is 0.118 e. The molecule has 0 aliphatic carbocycles. The number of hydrogen-bond donors (Lipinski definition) is 0. The molecule has 1 aliphatic heterocycles. The van der Waals surface area contributed by atoms with Crippen LogP contribution in [0.1, 0.15) is 19.4 Å². The van der Waals surface area contributed by atoms with Gasteiger partial charge < -0.3 is 0 Å². The summed E-state index contributed by atoms with van der Waals surface area (Å²) in [6.07, 6.45) is 4.62. The SMILES string of the molecule is CC(C)C1C=Cc2cc3ccccc3cc2S1. The normalized spacial score (nSPS) is 18.6. The minimum atomic E-state index is 0.615. The summed E-state index contributed by atoms with van der Waals surface area (Å²) in [6, 6.07) is 13.2. The van der Waals surface area contributed by atoms with Crippen molar-refractivity contribution in [3.8, 4) is 0 Å². The van der Waals surface area contributed by atoms with Gasteiger partial charge in [0.05, 0.1) is 0 Å². The fourth-order valence-electron chi connectivity index (χ4n) is 2.21. The van der Waals surface area contributed by atoms with Gasteiger partial charge in [0.2, 0.25) is 0 Å². The first-order chi connectivity index (χ1) is 8.24. The highest BCUT2D eigenvalue weighted by Gasteiger charge is 2.17. The smallest absolute Gasteiger partial charge is 0.0300 e. The van der Waals surface area contributed by atoms with Crippen LogP contribution in [-0.2, 0) is 0 Å². The maximum atomic E-state index is 2.34. The number of thioether (sulfide) groups is 1. The van der Waals surface area contributed by atoms with E-state index in [0.717, 1.165) is 0 Å². The van der Waals surface area contributed by atoms with Gasteiger partial charge in [-0.05, 0) is 34.4 Å². The Labute approximate surface area is 107 Å². The van der Waals surface area contributed by atoms with Crippen LogP contribution < -0.4 is 0 Å². The van der Waals surface area contributed by atoms with Gasteiger partial charge in [-0.15, -0.1) is 11.8 Å². The second-order valence-corrected chi connectivity index (χ2v) is 6.14. The maximum absolute atomic E-state index is 2.34. The average molecular weight is 240 g/mol. The summed E-state index contributed by atoms with van der Waals surface area (Å²) in [7, 11) is 0. The summed E-state index contributed by atoms with van der Waals surface area (Å²) < 4.78 is 0. The van der Waals surface area contributed by atoms with Gasteiger partial charge in [-0.1, -0.05) is 50.3 Å². The van der Waals surface area contributed by atoms with Gasteiger partial charge >= 0.3 is 0 Å². The predicted octanol–water partition coefficient (Wildman–Crippen LogP) is 4.98. The first kappa shape index (κ1) is 10.9. The second-order valence-electron chi connectivity index (χ2n) is 4.92. The highest BCUT2D eigenvalue weighted by Crippen LogP contribution is 2.38. The molecule has 0 radical (unpaired) electrons. The van der Waals surface area contributed by atoms with E-state index in [1.54, 1.807) is 0 Å². The van der Waals surface area contributed by atoms with E-state index in [4.69, 9.17) is 0 Å². The molecule has 3 rings (SSSR count). The van der Waals surface area contributed by atoms with Crippen molar-refractivity contribution in [3.63, 3.8) is 0 Å². The van der Waals surface area contributed by atoms with E-state index >= 15 is 0 Å². The fraction of sp³-hybridized carbons (Fsp3) is 0.250. The molecule has 0 spiro atoms. The summed E-state index contributed by atoms with van der Waals surface area (Å²) in [5, 5.41) is 3.29. The van der Waals surface area contributed by atoms with E-state index < -0.39 is 0 Å². The third-order valence-corrected chi connectivity index (χ3v) is 4.84. The third kappa shape index (κ3) is 2.00. The van der Waals surface area contributed by atoms with Gasteiger partial charge in [-0.25, -0.2) is 0 Å². The molecule has 2 aromatic carbocycles. The van der Waals surface area contributed by atoms with Crippen LogP contribution in [-0.4, -0.2) is 5.25 Å². The van der Waals surface area contributed by atoms with Crippen molar-refractivity contribution in [2.24, 2.45) is 5.92 Å². The van der Waals surface area contributed by atoms with E-state index in [2.05, 4.69) is 62.4 Å². The van der Waals surface area contributed by atoms with Gasteiger partial charge in [0.15, 0.2) is 0 Å². The Morgan fingerprint density at radius 2 is 1.76 bits per heavy atom. The topological polar surface area (TPSA) is 0 Å². The molecule has 1 atom stereocenters. The number of fused-ring (bicyclic) bond motifs is 2. The van der Waals surface area contributed by atoms with Crippen LogP contribution in [0.3, 0.4) is 0 Å². The Hall–Kier alpha value is -1.21. The molecule has 17 heavy (non-hydrogen) atoms. The molecular weight excluding hydrogens is 224 g/mol. The molecule has 2 aromatic rings. The lowest BCUT2D eigenvalue weighted by Crippen LogP contribution is -2.10. The third-order valence-electron chi connectivity index (χ3n) is 3.26. The molecule has 0 saturated heterocycles. The molecule has 0 N–H and O–H groups in total. The fourth-order valence-corrected chi connectivity index (χ4v) is 3.39. The molecule has 0 aromatic heterocycles. The van der Waals surface area contributed by atoms with E-state index in [1.807, 2.05) is 11.8 Å². The van der Waals surface area contributed by atoms with Crippen molar-refractivity contribution in [1.82, 2.24) is 0 Å². The maximum Gasteiger partial charge on any atom is 0.0300 e. The number of benzene rings is 2. The number of hydrogen-bond acceptors (Lipinski definition) is 1. The van der Waals surface area contributed by atoms with Gasteiger partial charge in [0, 0.05) is 10.1 Å². The minimum Gasteiger partial charge on any atom is -0.118 e. The van der Waals surface area contributed by atoms with Crippen LogP contribution in [0.25, 0.3) is 16.8 Å². The Morgan fingerprint density at radius 3 is 2.47 bits per heavy atom. The lowest BCUT2D eigenvalue weighted by Gasteiger charge is -2.22. The van der Waals surface area contributed by atoms with Gasteiger partial charge in [-0.3, -0.25) is 0 Å². The molecular formula is C16H16S. The zero-order chi connectivity index (χ0) is 11.8. The zero-order valence-electron chi connectivity index (χ0n) is 10.2. The molecule has 1 unspecified atom stereocenters. The van der Waals surface area contributed by atoms with Crippen molar-refractivity contribution in [3.05, 3.63) is 48.0 Å². The summed E-state index contributed by atoms with van der Waals surface area (Å²) in [4.78, 5) is 1.42. The lowest BCUT2D eigenvalue weighted by molar-refractivity contribution is 0.678. The summed E-state index contributed by atoms with van der Waals surface area (Å²) in [6.45, 7) is 4.57. The van der Waals surface area contributed by atoms with Crippen molar-refractivity contribution in [1.29, 1.82) is 0 Å². The van der Waals surface area contributed by atoms with Crippen molar-refractivity contribution < 1.29 is 0 Å². The van der Waals surface area contributed by atoms with Crippen LogP contribution in [0.5, 0.6) is 0 Å². The Bertz CT molecular complexity index is 581. The molecule has 0 bridgehead atoms. The Balaban J connectivity index is 2.10. The predicted molar refractivity (Wildman–Crippen MR) is 77.5 cm³/mol. The average Bonchev–Trinajstić information content (AvgIpc) is 2.35. The summed E-state index contributed by atoms with van der Waals surface area (Å²) in [5.74, 6) is 0.691. The zero-order valence-corrected chi connectivity index (χ0v) is 11.0. The molecule has 1 heteroatoms. The van der Waals surface area contributed by atoms with Crippen LogP contribution in [0.15, 0.2) is 47.4 Å². The molecule has 0 saturated carbocycles. The Kier molecular flexibility index (Phi) is 2.71. The summed E-state index contributed by atoms with van der Waals surface area (Å²) in [5.41, 5.74) is 1.37. The van der Waals surface area contributed by atoms with Gasteiger partial charge in [-0.2, -0.15) is 0 Å². The standard InChI is InChI=1S/C16H16S/c1-11(2)15-8-7-14-9-12-5-3-4-6-13(12)10-16(14)17-15/h3-11,15H,1-2H3. The van der Waals surface area contributed by atoms with Crippen molar-refractivity contribution in [2.75, 3.05) is 0 Å². The number of rotatable bonds is 1. The van der Waals surface area contributed by atoms with E-state index in [-0.39, 0.29) is 0 Å². The molecule has 0 fully saturated rings. The van der Waals surface area contributed by atoms with Crippen LogP contribution >= 0.6 is 11.8 Å². The summed E-state index contributed by atoms with van der Waals surface area (Å²) >= 11 is 1.99. The van der Waals surface area contributed by atoms with E-state index in [0.29, 0.717) is 11.2 Å². The van der Waals surface area contributed by atoms with Gasteiger partial charge in [0.25, 0.3) is 0 Å². The van der Waals surface area contributed by atoms with Crippen molar-refractivity contribution in [2.45, 2.75) is 24.0 Å². The second kappa shape index (κ2) is 4.23. The van der Waals surface area contributed by atoms with E-state index in [1.165, 1.54) is 21.2 Å². The van der Waals surface area contributed by atoms with Crippen LogP contribution in [0.2, 0.25) is 0 Å². The minimum absolute atomic E-state index is 0.615. The first-order valence-corrected chi connectivity index (χ1v) is 6.99. The van der Waals surface area contributed by atoms with Gasteiger partial charge in [0.1, 0.15) is 0 Å². The first-order valence-electron chi connectivity index (χ1n) is 6.12. The molecule has 0 nitrogen and oxygen atoms in total.